The molecule has 1 saturated heterocycles. The molecule has 0 aromatic rings. The second kappa shape index (κ2) is 6.61. The lowest BCUT2D eigenvalue weighted by Gasteiger charge is -2.40. The van der Waals surface area contributed by atoms with E-state index in [-0.39, 0.29) is 0 Å². The summed E-state index contributed by atoms with van der Waals surface area (Å²) in [5.41, 5.74) is 0. The zero-order valence-corrected chi connectivity index (χ0v) is 11.8. The van der Waals surface area contributed by atoms with Gasteiger partial charge < -0.3 is 5.32 Å². The van der Waals surface area contributed by atoms with Gasteiger partial charge in [-0.05, 0) is 38.1 Å². The van der Waals surface area contributed by atoms with Crippen LogP contribution in [-0.4, -0.2) is 36.6 Å². The van der Waals surface area contributed by atoms with Crippen molar-refractivity contribution in [1.29, 1.82) is 0 Å². The highest BCUT2D eigenvalue weighted by Crippen LogP contribution is 2.16. The van der Waals surface area contributed by atoms with E-state index < -0.39 is 0 Å². The molecule has 1 fully saturated rings. The van der Waals surface area contributed by atoms with Crippen LogP contribution < -0.4 is 5.32 Å². The van der Waals surface area contributed by atoms with Gasteiger partial charge in [-0.25, -0.2) is 0 Å². The maximum atomic E-state index is 3.61. The fourth-order valence-corrected chi connectivity index (χ4v) is 2.51. The highest BCUT2D eigenvalue weighted by molar-refractivity contribution is 4.84. The average Bonchev–Trinajstić information content (AvgIpc) is 2.17. The smallest absolute Gasteiger partial charge is 0.0223 e. The van der Waals surface area contributed by atoms with Gasteiger partial charge in [0.15, 0.2) is 0 Å². The van der Waals surface area contributed by atoms with Crippen LogP contribution in [0.5, 0.6) is 0 Å². The maximum Gasteiger partial charge on any atom is 0.0223 e. The van der Waals surface area contributed by atoms with Gasteiger partial charge in [0.2, 0.25) is 0 Å². The Morgan fingerprint density at radius 3 is 2.44 bits per heavy atom. The third-order valence-electron chi connectivity index (χ3n) is 3.46. The molecule has 2 unspecified atom stereocenters. The van der Waals surface area contributed by atoms with E-state index in [0.29, 0.717) is 6.04 Å². The molecule has 2 heteroatoms. The minimum atomic E-state index is 0.663. The minimum Gasteiger partial charge on any atom is -0.311 e. The fraction of sp³-hybridized carbons (Fsp3) is 1.00. The van der Waals surface area contributed by atoms with E-state index in [0.717, 1.165) is 17.9 Å². The van der Waals surface area contributed by atoms with Crippen LogP contribution in [0.1, 0.15) is 47.5 Å². The second-order valence-corrected chi connectivity index (χ2v) is 6.27. The van der Waals surface area contributed by atoms with Crippen molar-refractivity contribution in [2.75, 3.05) is 19.6 Å². The molecule has 0 radical (unpaired) electrons. The molecule has 2 nitrogen and oxygen atoms in total. The molecule has 1 rings (SSSR count). The lowest BCUT2D eigenvalue weighted by Crippen LogP contribution is -2.56. The Morgan fingerprint density at radius 1 is 1.19 bits per heavy atom. The van der Waals surface area contributed by atoms with Crippen molar-refractivity contribution in [3.63, 3.8) is 0 Å². The fourth-order valence-electron chi connectivity index (χ4n) is 2.51. The van der Waals surface area contributed by atoms with Gasteiger partial charge in [0, 0.05) is 25.2 Å². The third kappa shape index (κ3) is 4.84. The molecule has 2 atom stereocenters. The first kappa shape index (κ1) is 14.0. The molecule has 0 saturated carbocycles. The highest BCUT2D eigenvalue weighted by atomic mass is 15.2. The Morgan fingerprint density at radius 2 is 1.88 bits per heavy atom. The molecule has 0 aromatic heterocycles. The van der Waals surface area contributed by atoms with E-state index >= 15 is 0 Å². The van der Waals surface area contributed by atoms with Crippen molar-refractivity contribution >= 4 is 0 Å². The van der Waals surface area contributed by atoms with Crippen molar-refractivity contribution in [2.45, 2.75) is 59.5 Å². The van der Waals surface area contributed by atoms with Gasteiger partial charge in [-0.2, -0.15) is 0 Å². The Hall–Kier alpha value is -0.0800. The van der Waals surface area contributed by atoms with Gasteiger partial charge in [0.25, 0.3) is 0 Å². The normalized spacial score (nSPS) is 27.9. The van der Waals surface area contributed by atoms with Gasteiger partial charge in [-0.1, -0.05) is 27.7 Å². The Balaban J connectivity index is 2.44. The summed E-state index contributed by atoms with van der Waals surface area (Å²) in [6, 6.07) is 1.42. The minimum absolute atomic E-state index is 0.663. The Labute approximate surface area is 102 Å². The Kier molecular flexibility index (Phi) is 5.77. The molecular weight excluding hydrogens is 196 g/mol. The molecule has 0 aliphatic carbocycles. The topological polar surface area (TPSA) is 15.3 Å². The predicted octanol–water partition coefficient (Wildman–Crippen LogP) is 2.74. The number of hydrogen-bond donors (Lipinski definition) is 1. The largest absolute Gasteiger partial charge is 0.311 e. The van der Waals surface area contributed by atoms with Crippen molar-refractivity contribution in [1.82, 2.24) is 10.2 Å². The van der Waals surface area contributed by atoms with E-state index in [1.807, 2.05) is 0 Å². The number of nitrogens with zero attached hydrogens (tertiary/aromatic N) is 1. The molecule has 0 spiro atoms. The molecule has 16 heavy (non-hydrogen) atoms. The number of hydrogen-bond acceptors (Lipinski definition) is 2. The SMILES string of the molecule is CC(C)CCN1CC(C)NCC1CC(C)C. The van der Waals surface area contributed by atoms with Crippen LogP contribution in [0.15, 0.2) is 0 Å². The summed E-state index contributed by atoms with van der Waals surface area (Å²) in [7, 11) is 0. The van der Waals surface area contributed by atoms with Crippen molar-refractivity contribution in [3.05, 3.63) is 0 Å². The highest BCUT2D eigenvalue weighted by Gasteiger charge is 2.25. The number of nitrogens with one attached hydrogen (secondary N) is 1. The second-order valence-electron chi connectivity index (χ2n) is 6.27. The molecule has 1 heterocycles. The zero-order chi connectivity index (χ0) is 12.1. The van der Waals surface area contributed by atoms with Crippen LogP contribution in [-0.2, 0) is 0 Å². The first-order valence-electron chi connectivity index (χ1n) is 6.96. The summed E-state index contributed by atoms with van der Waals surface area (Å²) >= 11 is 0. The molecule has 0 amide bonds. The first-order chi connectivity index (χ1) is 7.49. The summed E-state index contributed by atoms with van der Waals surface area (Å²) in [5, 5.41) is 3.61. The van der Waals surface area contributed by atoms with Crippen molar-refractivity contribution in [2.24, 2.45) is 11.8 Å². The quantitative estimate of drug-likeness (QED) is 0.775. The van der Waals surface area contributed by atoms with Crippen LogP contribution in [0.2, 0.25) is 0 Å². The summed E-state index contributed by atoms with van der Waals surface area (Å²) in [4.78, 5) is 2.71. The zero-order valence-electron chi connectivity index (χ0n) is 11.8. The van der Waals surface area contributed by atoms with Gasteiger partial charge in [-0.15, -0.1) is 0 Å². The number of piperazine rings is 1. The molecule has 96 valence electrons. The standard InChI is InChI=1S/C14H30N2/c1-11(2)6-7-16-10-13(5)15-9-14(16)8-12(3)4/h11-15H,6-10H2,1-5H3. The molecule has 1 aliphatic heterocycles. The molecule has 1 aliphatic rings. The lowest BCUT2D eigenvalue weighted by atomic mass is 9.98. The van der Waals surface area contributed by atoms with Crippen LogP contribution in [0.4, 0.5) is 0 Å². The van der Waals surface area contributed by atoms with Crippen molar-refractivity contribution in [3.8, 4) is 0 Å². The van der Waals surface area contributed by atoms with E-state index in [4.69, 9.17) is 0 Å². The maximum absolute atomic E-state index is 3.61. The van der Waals surface area contributed by atoms with E-state index in [2.05, 4.69) is 44.8 Å². The van der Waals surface area contributed by atoms with Crippen LogP contribution in [0, 0.1) is 11.8 Å². The first-order valence-corrected chi connectivity index (χ1v) is 6.96. The van der Waals surface area contributed by atoms with Crippen LogP contribution in [0.3, 0.4) is 0 Å². The van der Waals surface area contributed by atoms with Gasteiger partial charge in [-0.3, -0.25) is 4.90 Å². The predicted molar refractivity (Wildman–Crippen MR) is 71.7 cm³/mol. The summed E-state index contributed by atoms with van der Waals surface area (Å²) in [5.74, 6) is 1.63. The Bertz CT molecular complexity index is 189. The van der Waals surface area contributed by atoms with E-state index in [9.17, 15) is 0 Å². The summed E-state index contributed by atoms with van der Waals surface area (Å²) in [6.07, 6.45) is 2.67. The molecular formula is C14H30N2. The van der Waals surface area contributed by atoms with Gasteiger partial charge in [0.1, 0.15) is 0 Å². The van der Waals surface area contributed by atoms with Crippen molar-refractivity contribution < 1.29 is 0 Å². The van der Waals surface area contributed by atoms with Crippen LogP contribution in [0.25, 0.3) is 0 Å². The number of rotatable bonds is 5. The van der Waals surface area contributed by atoms with E-state index in [1.165, 1.54) is 32.5 Å². The summed E-state index contributed by atoms with van der Waals surface area (Å²) < 4.78 is 0. The third-order valence-corrected chi connectivity index (χ3v) is 3.46. The monoisotopic (exact) mass is 226 g/mol. The van der Waals surface area contributed by atoms with Gasteiger partial charge in [0.05, 0.1) is 0 Å². The molecule has 1 N–H and O–H groups in total. The van der Waals surface area contributed by atoms with E-state index in [1.54, 1.807) is 0 Å². The summed E-state index contributed by atoms with van der Waals surface area (Å²) in [6.45, 7) is 15.3. The average molecular weight is 226 g/mol. The van der Waals surface area contributed by atoms with Gasteiger partial charge >= 0.3 is 0 Å². The lowest BCUT2D eigenvalue weighted by molar-refractivity contribution is 0.113. The molecule has 0 bridgehead atoms. The molecule has 0 aromatic carbocycles. The van der Waals surface area contributed by atoms with Crippen LogP contribution >= 0.6 is 0 Å².